The lowest BCUT2D eigenvalue weighted by Crippen LogP contribution is -2.29. The Morgan fingerprint density at radius 2 is 1.72 bits per heavy atom. The number of nitrogens with one attached hydrogen (secondary N) is 1. The highest BCUT2D eigenvalue weighted by molar-refractivity contribution is 6.30. The smallest absolute Gasteiger partial charge is 0.313 e. The summed E-state index contributed by atoms with van der Waals surface area (Å²) in [5.41, 5.74) is 0.773. The molecule has 0 aromatic heterocycles. The molecule has 0 saturated carbocycles. The van der Waals surface area contributed by atoms with Crippen LogP contribution in [-0.2, 0) is 9.59 Å². The van der Waals surface area contributed by atoms with E-state index in [1.165, 1.54) is 6.92 Å². The summed E-state index contributed by atoms with van der Waals surface area (Å²) >= 11 is 5.89. The maximum absolute atomic E-state index is 12.3. The van der Waals surface area contributed by atoms with Crippen molar-refractivity contribution in [1.29, 1.82) is 0 Å². The van der Waals surface area contributed by atoms with E-state index in [0.29, 0.717) is 23.1 Å². The van der Waals surface area contributed by atoms with Gasteiger partial charge in [0.05, 0.1) is 19.1 Å². The molecule has 0 fully saturated rings. The largest absolute Gasteiger partial charge is 0.490 e. The van der Waals surface area contributed by atoms with E-state index in [9.17, 15) is 9.59 Å². The number of hydrogen-bond acceptors (Lipinski definition) is 4. The van der Waals surface area contributed by atoms with Gasteiger partial charge in [-0.15, -0.1) is 0 Å². The van der Waals surface area contributed by atoms with Crippen LogP contribution in [0.15, 0.2) is 48.5 Å². The number of para-hydroxylation sites is 2. The van der Waals surface area contributed by atoms with Crippen LogP contribution in [0, 0.1) is 0 Å². The van der Waals surface area contributed by atoms with Gasteiger partial charge in [0, 0.05) is 11.9 Å². The SMILES string of the molecule is CCOc1ccccc1OC(=O)CC(NC(C)=O)c1ccc(Cl)cc1. The van der Waals surface area contributed by atoms with E-state index in [2.05, 4.69) is 5.32 Å². The van der Waals surface area contributed by atoms with Gasteiger partial charge in [-0.2, -0.15) is 0 Å². The molecule has 25 heavy (non-hydrogen) atoms. The van der Waals surface area contributed by atoms with Crippen molar-refractivity contribution in [3.63, 3.8) is 0 Å². The van der Waals surface area contributed by atoms with Crippen LogP contribution in [0.5, 0.6) is 11.5 Å². The minimum atomic E-state index is -0.499. The van der Waals surface area contributed by atoms with E-state index >= 15 is 0 Å². The van der Waals surface area contributed by atoms with Gasteiger partial charge in [0.15, 0.2) is 11.5 Å². The van der Waals surface area contributed by atoms with Gasteiger partial charge in [-0.05, 0) is 36.8 Å². The number of carbonyl (C=O) groups excluding carboxylic acids is 2. The molecule has 0 aliphatic rings. The molecule has 2 aromatic carbocycles. The van der Waals surface area contributed by atoms with Crippen LogP contribution in [0.3, 0.4) is 0 Å². The average Bonchev–Trinajstić information content (AvgIpc) is 2.56. The maximum Gasteiger partial charge on any atom is 0.313 e. The Hall–Kier alpha value is -2.53. The van der Waals surface area contributed by atoms with Crippen LogP contribution < -0.4 is 14.8 Å². The zero-order chi connectivity index (χ0) is 18.2. The molecular weight excluding hydrogens is 342 g/mol. The summed E-state index contributed by atoms with van der Waals surface area (Å²) in [6.45, 7) is 3.72. The summed E-state index contributed by atoms with van der Waals surface area (Å²) in [6, 6.07) is 13.4. The number of rotatable bonds is 7. The number of ether oxygens (including phenoxy) is 2. The Balaban J connectivity index is 2.11. The highest BCUT2D eigenvalue weighted by atomic mass is 35.5. The molecule has 1 unspecified atom stereocenters. The molecule has 2 rings (SSSR count). The Morgan fingerprint density at radius 3 is 2.32 bits per heavy atom. The first kappa shape index (κ1) is 18.8. The van der Waals surface area contributed by atoms with E-state index in [4.69, 9.17) is 21.1 Å². The van der Waals surface area contributed by atoms with Crippen LogP contribution in [-0.4, -0.2) is 18.5 Å². The van der Waals surface area contributed by atoms with Crippen molar-refractivity contribution in [3.05, 3.63) is 59.1 Å². The lowest BCUT2D eigenvalue weighted by Gasteiger charge is -2.18. The molecule has 0 spiro atoms. The summed E-state index contributed by atoms with van der Waals surface area (Å²) in [7, 11) is 0. The van der Waals surface area contributed by atoms with Crippen molar-refractivity contribution in [2.75, 3.05) is 6.61 Å². The number of carbonyl (C=O) groups is 2. The predicted molar refractivity (Wildman–Crippen MR) is 95.9 cm³/mol. The van der Waals surface area contributed by atoms with Crippen LogP contribution in [0.1, 0.15) is 31.9 Å². The third-order valence-electron chi connectivity index (χ3n) is 3.39. The number of hydrogen-bond donors (Lipinski definition) is 1. The second-order valence-electron chi connectivity index (χ2n) is 5.36. The molecule has 0 saturated heterocycles. The molecule has 1 atom stereocenters. The molecule has 5 nitrogen and oxygen atoms in total. The molecule has 0 bridgehead atoms. The minimum Gasteiger partial charge on any atom is -0.490 e. The van der Waals surface area contributed by atoms with Crippen molar-refractivity contribution in [2.24, 2.45) is 0 Å². The van der Waals surface area contributed by atoms with Crippen molar-refractivity contribution < 1.29 is 19.1 Å². The first-order valence-corrected chi connectivity index (χ1v) is 8.32. The van der Waals surface area contributed by atoms with E-state index in [1.54, 1.807) is 48.5 Å². The highest BCUT2D eigenvalue weighted by Crippen LogP contribution is 2.28. The highest BCUT2D eigenvalue weighted by Gasteiger charge is 2.19. The van der Waals surface area contributed by atoms with Crippen molar-refractivity contribution in [1.82, 2.24) is 5.32 Å². The average molecular weight is 362 g/mol. The number of benzene rings is 2. The van der Waals surface area contributed by atoms with Crippen LogP contribution in [0.25, 0.3) is 0 Å². The van der Waals surface area contributed by atoms with Crippen LogP contribution in [0.4, 0.5) is 0 Å². The Labute approximate surface area is 151 Å². The van der Waals surface area contributed by atoms with Gasteiger partial charge < -0.3 is 14.8 Å². The van der Waals surface area contributed by atoms with Gasteiger partial charge >= 0.3 is 5.97 Å². The van der Waals surface area contributed by atoms with Gasteiger partial charge in [0.1, 0.15) is 0 Å². The first-order chi connectivity index (χ1) is 12.0. The molecule has 2 aromatic rings. The second kappa shape index (κ2) is 9.08. The van der Waals surface area contributed by atoms with Crippen molar-refractivity contribution >= 4 is 23.5 Å². The summed E-state index contributed by atoms with van der Waals surface area (Å²) < 4.78 is 10.9. The van der Waals surface area contributed by atoms with Gasteiger partial charge in [-0.3, -0.25) is 9.59 Å². The zero-order valence-electron chi connectivity index (χ0n) is 14.1. The fraction of sp³-hybridized carbons (Fsp3) is 0.263. The molecule has 0 aliphatic carbocycles. The number of esters is 1. The van der Waals surface area contributed by atoms with Crippen molar-refractivity contribution in [2.45, 2.75) is 26.3 Å². The second-order valence-corrected chi connectivity index (χ2v) is 5.80. The van der Waals surface area contributed by atoms with Gasteiger partial charge in [-0.25, -0.2) is 0 Å². The predicted octanol–water partition coefficient (Wildman–Crippen LogP) is 3.91. The normalized spacial score (nSPS) is 11.5. The molecule has 1 amide bonds. The Bertz CT molecular complexity index is 730. The fourth-order valence-corrected chi connectivity index (χ4v) is 2.46. The Kier molecular flexibility index (Phi) is 6.83. The minimum absolute atomic E-state index is 0.0122. The van der Waals surface area contributed by atoms with Gasteiger partial charge in [-0.1, -0.05) is 35.9 Å². The lowest BCUT2D eigenvalue weighted by atomic mass is 10.0. The summed E-state index contributed by atoms with van der Waals surface area (Å²) in [5, 5.41) is 3.34. The molecule has 0 radical (unpaired) electrons. The van der Waals surface area contributed by atoms with Gasteiger partial charge in [0.2, 0.25) is 5.91 Å². The quantitative estimate of drug-likeness (QED) is 0.599. The third-order valence-corrected chi connectivity index (χ3v) is 3.65. The standard InChI is InChI=1S/C19H20ClNO4/c1-3-24-17-6-4-5-7-18(17)25-19(23)12-16(21-13(2)22)14-8-10-15(20)11-9-14/h4-11,16H,3,12H2,1-2H3,(H,21,22). The van der Waals surface area contributed by atoms with Crippen LogP contribution >= 0.6 is 11.6 Å². The number of amides is 1. The van der Waals surface area contributed by atoms with Crippen LogP contribution in [0.2, 0.25) is 5.02 Å². The molecular formula is C19H20ClNO4. The molecule has 0 heterocycles. The molecule has 6 heteroatoms. The van der Waals surface area contributed by atoms with E-state index in [0.717, 1.165) is 5.56 Å². The van der Waals surface area contributed by atoms with E-state index < -0.39 is 12.0 Å². The zero-order valence-corrected chi connectivity index (χ0v) is 14.9. The van der Waals surface area contributed by atoms with Crippen molar-refractivity contribution in [3.8, 4) is 11.5 Å². The first-order valence-electron chi connectivity index (χ1n) is 7.94. The monoisotopic (exact) mass is 361 g/mol. The summed E-state index contributed by atoms with van der Waals surface area (Å²) in [6.07, 6.45) is -0.0122. The molecule has 132 valence electrons. The van der Waals surface area contributed by atoms with E-state index in [1.807, 2.05) is 6.92 Å². The summed E-state index contributed by atoms with van der Waals surface area (Å²) in [5.74, 6) is 0.149. The maximum atomic E-state index is 12.3. The lowest BCUT2D eigenvalue weighted by molar-refractivity contribution is -0.135. The van der Waals surface area contributed by atoms with E-state index in [-0.39, 0.29) is 12.3 Å². The number of halogens is 1. The summed E-state index contributed by atoms with van der Waals surface area (Å²) in [4.78, 5) is 23.8. The third kappa shape index (κ3) is 5.80. The van der Waals surface area contributed by atoms with Gasteiger partial charge in [0.25, 0.3) is 0 Å². The topological polar surface area (TPSA) is 64.6 Å². The Morgan fingerprint density at radius 1 is 1.08 bits per heavy atom. The molecule has 0 aliphatic heterocycles. The molecule has 1 N–H and O–H groups in total. The fourth-order valence-electron chi connectivity index (χ4n) is 2.33.